The van der Waals surface area contributed by atoms with E-state index in [1.807, 2.05) is 6.07 Å². The lowest BCUT2D eigenvalue weighted by molar-refractivity contribution is -0.116. The van der Waals surface area contributed by atoms with Crippen LogP contribution in [-0.4, -0.2) is 18.3 Å². The van der Waals surface area contributed by atoms with Crippen LogP contribution in [0.3, 0.4) is 0 Å². The molecule has 0 spiro atoms. The van der Waals surface area contributed by atoms with Crippen LogP contribution in [0.5, 0.6) is 0 Å². The van der Waals surface area contributed by atoms with Crippen LogP contribution in [0.2, 0.25) is 0 Å². The number of halogens is 2. The molecule has 4 heteroatoms. The summed E-state index contributed by atoms with van der Waals surface area (Å²) in [6.07, 6.45) is 1.32. The molecule has 2 nitrogen and oxygen atoms in total. The average Bonchev–Trinajstić information content (AvgIpc) is 2.61. The molecule has 0 atom stereocenters. The lowest BCUT2D eigenvalue weighted by Crippen LogP contribution is -2.25. The third-order valence-electron chi connectivity index (χ3n) is 2.89. The first kappa shape index (κ1) is 11.4. The Kier molecular flexibility index (Phi) is 3.15. The number of hydrogen-bond donors (Lipinski definition) is 0. The second kappa shape index (κ2) is 4.42. The van der Waals surface area contributed by atoms with Gasteiger partial charge in [0, 0.05) is 25.0 Å². The zero-order chi connectivity index (χ0) is 11.7. The maximum atomic E-state index is 13.7. The molecule has 1 aliphatic rings. The quantitative estimate of drug-likeness (QED) is 0.729. The SMILES string of the molecule is CC(=O)N1CCc2cc(CCCl)c(F)cc21. The predicted molar refractivity (Wildman–Crippen MR) is 62.6 cm³/mol. The van der Waals surface area contributed by atoms with Crippen LogP contribution in [0.4, 0.5) is 10.1 Å². The Morgan fingerprint density at radius 3 is 2.94 bits per heavy atom. The second-order valence-electron chi connectivity index (χ2n) is 3.93. The predicted octanol–water partition coefficient (Wildman–Crippen LogP) is 2.52. The first-order valence-electron chi connectivity index (χ1n) is 5.29. The Morgan fingerprint density at radius 1 is 1.56 bits per heavy atom. The van der Waals surface area contributed by atoms with Crippen molar-refractivity contribution < 1.29 is 9.18 Å². The van der Waals surface area contributed by atoms with Gasteiger partial charge in [0.2, 0.25) is 5.91 Å². The van der Waals surface area contributed by atoms with E-state index in [0.29, 0.717) is 30.1 Å². The largest absolute Gasteiger partial charge is 0.312 e. The summed E-state index contributed by atoms with van der Waals surface area (Å²) in [6, 6.07) is 3.28. The van der Waals surface area contributed by atoms with Gasteiger partial charge in [0.05, 0.1) is 0 Å². The number of carbonyl (C=O) groups excluding carboxylic acids is 1. The van der Waals surface area contributed by atoms with Crippen molar-refractivity contribution in [3.8, 4) is 0 Å². The van der Waals surface area contributed by atoms with E-state index in [2.05, 4.69) is 0 Å². The zero-order valence-electron chi connectivity index (χ0n) is 9.09. The summed E-state index contributed by atoms with van der Waals surface area (Å²) in [7, 11) is 0. The van der Waals surface area contributed by atoms with Gasteiger partial charge < -0.3 is 4.90 Å². The summed E-state index contributed by atoms with van der Waals surface area (Å²) < 4.78 is 13.7. The standard InChI is InChI=1S/C12H13ClFNO/c1-8(16)15-5-3-10-6-9(2-4-13)11(14)7-12(10)15/h6-7H,2-5H2,1H3. The molecule has 1 aromatic rings. The molecule has 0 fully saturated rings. The lowest BCUT2D eigenvalue weighted by atomic mass is 10.1. The van der Waals surface area contributed by atoms with E-state index in [1.165, 1.54) is 13.0 Å². The van der Waals surface area contributed by atoms with Crippen LogP contribution < -0.4 is 4.90 Å². The molecular weight excluding hydrogens is 229 g/mol. The maximum Gasteiger partial charge on any atom is 0.223 e. The van der Waals surface area contributed by atoms with Gasteiger partial charge in [-0.3, -0.25) is 4.79 Å². The van der Waals surface area contributed by atoms with Gasteiger partial charge in [-0.15, -0.1) is 11.6 Å². The van der Waals surface area contributed by atoms with Crippen molar-refractivity contribution in [1.29, 1.82) is 0 Å². The Balaban J connectivity index is 2.40. The van der Waals surface area contributed by atoms with Crippen LogP contribution in [0.15, 0.2) is 12.1 Å². The number of hydrogen-bond acceptors (Lipinski definition) is 1. The molecule has 0 saturated heterocycles. The average molecular weight is 242 g/mol. The summed E-state index contributed by atoms with van der Waals surface area (Å²) >= 11 is 5.61. The van der Waals surface area contributed by atoms with Crippen LogP contribution >= 0.6 is 11.6 Å². The highest BCUT2D eigenvalue weighted by Gasteiger charge is 2.23. The van der Waals surface area contributed by atoms with Gasteiger partial charge >= 0.3 is 0 Å². The van der Waals surface area contributed by atoms with Gasteiger partial charge in [-0.25, -0.2) is 4.39 Å². The monoisotopic (exact) mass is 241 g/mol. The van der Waals surface area contributed by atoms with Crippen molar-refractivity contribution in [2.45, 2.75) is 19.8 Å². The van der Waals surface area contributed by atoms with Crippen LogP contribution in [0.25, 0.3) is 0 Å². The third-order valence-corrected chi connectivity index (χ3v) is 3.08. The van der Waals surface area contributed by atoms with Crippen molar-refractivity contribution in [2.24, 2.45) is 0 Å². The van der Waals surface area contributed by atoms with Gasteiger partial charge in [0.1, 0.15) is 5.82 Å². The fourth-order valence-corrected chi connectivity index (χ4v) is 2.29. The summed E-state index contributed by atoms with van der Waals surface area (Å²) in [5, 5.41) is 0. The molecule has 86 valence electrons. The van der Waals surface area contributed by atoms with Crippen LogP contribution in [0, 0.1) is 5.82 Å². The van der Waals surface area contributed by atoms with Gasteiger partial charge in [-0.05, 0) is 30.0 Å². The highest BCUT2D eigenvalue weighted by molar-refractivity contribution is 6.18. The van der Waals surface area contributed by atoms with Crippen molar-refractivity contribution in [3.63, 3.8) is 0 Å². The topological polar surface area (TPSA) is 20.3 Å². The van der Waals surface area contributed by atoms with E-state index in [9.17, 15) is 9.18 Å². The molecule has 1 aliphatic heterocycles. The maximum absolute atomic E-state index is 13.7. The summed E-state index contributed by atoms with van der Waals surface area (Å²) in [5.74, 6) is 0.0994. The Hall–Kier alpha value is -1.09. The van der Waals surface area contributed by atoms with Crippen LogP contribution in [0.1, 0.15) is 18.1 Å². The number of fused-ring (bicyclic) bond motifs is 1. The van der Waals surface area contributed by atoms with E-state index >= 15 is 0 Å². The van der Waals surface area contributed by atoms with E-state index in [4.69, 9.17) is 11.6 Å². The number of rotatable bonds is 2. The Bertz CT molecular complexity index is 433. The molecule has 0 N–H and O–H groups in total. The minimum Gasteiger partial charge on any atom is -0.312 e. The number of carbonyl (C=O) groups is 1. The Labute approximate surface area is 99.0 Å². The number of aryl methyl sites for hydroxylation is 1. The molecule has 0 aliphatic carbocycles. The first-order chi connectivity index (χ1) is 7.63. The van der Waals surface area contributed by atoms with Crippen molar-refractivity contribution >= 4 is 23.2 Å². The number of amides is 1. The minimum absolute atomic E-state index is 0.0387. The van der Waals surface area contributed by atoms with Gasteiger partial charge in [0.25, 0.3) is 0 Å². The summed E-state index contributed by atoms with van der Waals surface area (Å²) in [6.45, 7) is 2.15. The number of alkyl halides is 1. The molecule has 1 heterocycles. The molecule has 0 unspecified atom stereocenters. The highest BCUT2D eigenvalue weighted by Crippen LogP contribution is 2.30. The van der Waals surface area contributed by atoms with Gasteiger partial charge in [-0.1, -0.05) is 6.07 Å². The second-order valence-corrected chi connectivity index (χ2v) is 4.31. The number of anilines is 1. The molecule has 0 saturated carbocycles. The van der Waals surface area contributed by atoms with E-state index < -0.39 is 0 Å². The highest BCUT2D eigenvalue weighted by atomic mass is 35.5. The van der Waals surface area contributed by atoms with E-state index in [0.717, 1.165) is 12.0 Å². The molecule has 1 aromatic carbocycles. The van der Waals surface area contributed by atoms with E-state index in [-0.39, 0.29) is 11.7 Å². The first-order valence-corrected chi connectivity index (χ1v) is 5.82. The fourth-order valence-electron chi connectivity index (χ4n) is 2.08. The number of nitrogens with zero attached hydrogens (tertiary/aromatic N) is 1. The summed E-state index contributed by atoms with van der Waals surface area (Å²) in [4.78, 5) is 12.9. The molecule has 0 radical (unpaired) electrons. The van der Waals surface area contributed by atoms with Crippen molar-refractivity contribution in [3.05, 3.63) is 29.1 Å². The van der Waals surface area contributed by atoms with Gasteiger partial charge in [-0.2, -0.15) is 0 Å². The molecule has 0 bridgehead atoms. The smallest absolute Gasteiger partial charge is 0.223 e. The lowest BCUT2D eigenvalue weighted by Gasteiger charge is -2.15. The number of benzene rings is 1. The molecule has 16 heavy (non-hydrogen) atoms. The van der Waals surface area contributed by atoms with Crippen LogP contribution in [-0.2, 0) is 17.6 Å². The normalized spacial score (nSPS) is 14.1. The molecule has 2 rings (SSSR count). The summed E-state index contributed by atoms with van der Waals surface area (Å²) in [5.41, 5.74) is 2.39. The molecule has 1 amide bonds. The molecule has 0 aromatic heterocycles. The fraction of sp³-hybridized carbons (Fsp3) is 0.417. The van der Waals surface area contributed by atoms with Gasteiger partial charge in [0.15, 0.2) is 0 Å². The molecular formula is C12H13ClFNO. The van der Waals surface area contributed by atoms with Crippen molar-refractivity contribution in [2.75, 3.05) is 17.3 Å². The van der Waals surface area contributed by atoms with E-state index in [1.54, 1.807) is 4.90 Å². The Morgan fingerprint density at radius 2 is 2.31 bits per heavy atom. The zero-order valence-corrected chi connectivity index (χ0v) is 9.85. The third kappa shape index (κ3) is 1.92. The minimum atomic E-state index is -0.271. The van der Waals surface area contributed by atoms with Crippen molar-refractivity contribution in [1.82, 2.24) is 0 Å².